The average Bonchev–Trinajstić information content (AvgIpc) is 2.46. The van der Waals surface area contributed by atoms with E-state index in [0.29, 0.717) is 24.5 Å². The van der Waals surface area contributed by atoms with E-state index < -0.39 is 5.97 Å². The lowest BCUT2D eigenvalue weighted by Crippen LogP contribution is -2.41. The number of ether oxygens (including phenoxy) is 2. The molecule has 1 aliphatic heterocycles. The molecule has 1 fully saturated rings. The Morgan fingerprint density at radius 1 is 1.38 bits per heavy atom. The lowest BCUT2D eigenvalue weighted by molar-refractivity contribution is -0.125. The molecule has 1 saturated heterocycles. The van der Waals surface area contributed by atoms with Crippen LogP contribution in [0.5, 0.6) is 0 Å². The molecule has 0 aliphatic carbocycles. The summed E-state index contributed by atoms with van der Waals surface area (Å²) in [6, 6.07) is 5.02. The number of rotatable bonds is 4. The summed E-state index contributed by atoms with van der Waals surface area (Å²) in [6.45, 7) is 2.79. The van der Waals surface area contributed by atoms with Gasteiger partial charge in [-0.25, -0.2) is 4.79 Å². The van der Waals surface area contributed by atoms with E-state index in [0.717, 1.165) is 18.4 Å². The van der Waals surface area contributed by atoms with Gasteiger partial charge in [-0.05, 0) is 43.5 Å². The zero-order chi connectivity index (χ0) is 15.2. The first-order valence-electron chi connectivity index (χ1n) is 6.96. The second kappa shape index (κ2) is 7.08. The number of anilines is 1. The van der Waals surface area contributed by atoms with Crippen molar-refractivity contribution in [2.75, 3.05) is 25.6 Å². The van der Waals surface area contributed by atoms with Crippen molar-refractivity contribution in [3.63, 3.8) is 0 Å². The van der Waals surface area contributed by atoms with E-state index >= 15 is 0 Å². The van der Waals surface area contributed by atoms with Crippen molar-refractivity contribution in [1.29, 1.82) is 0 Å². The van der Waals surface area contributed by atoms with Gasteiger partial charge in [-0.3, -0.25) is 4.79 Å². The van der Waals surface area contributed by atoms with Crippen LogP contribution in [-0.2, 0) is 14.3 Å². The van der Waals surface area contributed by atoms with Gasteiger partial charge >= 0.3 is 5.97 Å². The Bertz CT molecular complexity index is 524. The first-order chi connectivity index (χ1) is 10.1. The molecule has 1 aromatic rings. The maximum Gasteiger partial charge on any atom is 0.338 e. The summed E-state index contributed by atoms with van der Waals surface area (Å²) in [6.07, 6.45) is 1.58. The van der Waals surface area contributed by atoms with Crippen molar-refractivity contribution in [2.24, 2.45) is 0 Å². The zero-order valence-corrected chi connectivity index (χ0v) is 12.1. The van der Waals surface area contributed by atoms with Crippen LogP contribution in [0.1, 0.15) is 28.8 Å². The van der Waals surface area contributed by atoms with Crippen LogP contribution in [-0.4, -0.2) is 37.7 Å². The maximum absolute atomic E-state index is 11.9. The lowest BCUT2D eigenvalue weighted by atomic mass is 10.1. The van der Waals surface area contributed by atoms with Gasteiger partial charge in [0.15, 0.2) is 6.61 Å². The largest absolute Gasteiger partial charge is 0.452 e. The predicted molar refractivity (Wildman–Crippen MR) is 77.9 cm³/mol. The minimum Gasteiger partial charge on any atom is -0.452 e. The number of aryl methyl sites for hydroxylation is 1. The van der Waals surface area contributed by atoms with Crippen LogP contribution < -0.4 is 11.1 Å². The first kappa shape index (κ1) is 15.3. The van der Waals surface area contributed by atoms with Crippen LogP contribution in [0.4, 0.5) is 5.69 Å². The molecule has 0 spiro atoms. The number of carbonyl (C=O) groups is 2. The molecule has 0 radical (unpaired) electrons. The Balaban J connectivity index is 1.81. The van der Waals surface area contributed by atoms with Crippen LogP contribution in [0, 0.1) is 6.92 Å². The Labute approximate surface area is 123 Å². The molecular formula is C15H20N2O4. The third-order valence-corrected chi connectivity index (χ3v) is 3.39. The molecule has 0 bridgehead atoms. The number of nitrogens with two attached hydrogens (primary N) is 1. The minimum absolute atomic E-state index is 0.100. The molecule has 3 N–H and O–H groups in total. The third kappa shape index (κ3) is 4.46. The molecule has 21 heavy (non-hydrogen) atoms. The Hall–Kier alpha value is -2.08. The van der Waals surface area contributed by atoms with Gasteiger partial charge in [-0.1, -0.05) is 0 Å². The molecule has 0 atom stereocenters. The fraction of sp³-hybridized carbons (Fsp3) is 0.467. The summed E-state index contributed by atoms with van der Waals surface area (Å²) < 4.78 is 10.2. The second-order valence-corrected chi connectivity index (χ2v) is 5.10. The predicted octanol–water partition coefficient (Wildman–Crippen LogP) is 1.03. The van der Waals surface area contributed by atoms with Gasteiger partial charge in [0.1, 0.15) is 0 Å². The summed E-state index contributed by atoms with van der Waals surface area (Å²) in [5.74, 6) is -0.807. The van der Waals surface area contributed by atoms with Crippen molar-refractivity contribution >= 4 is 17.6 Å². The molecule has 6 nitrogen and oxygen atoms in total. The Morgan fingerprint density at radius 3 is 2.76 bits per heavy atom. The number of carbonyl (C=O) groups excluding carboxylic acids is 2. The summed E-state index contributed by atoms with van der Waals surface area (Å²) >= 11 is 0. The van der Waals surface area contributed by atoms with Crippen LogP contribution in [0.3, 0.4) is 0 Å². The monoisotopic (exact) mass is 292 g/mol. The topological polar surface area (TPSA) is 90.7 Å². The zero-order valence-electron chi connectivity index (χ0n) is 12.1. The number of nitrogen functional groups attached to an aromatic ring is 1. The number of hydrogen-bond donors (Lipinski definition) is 2. The summed E-state index contributed by atoms with van der Waals surface area (Å²) in [4.78, 5) is 23.6. The van der Waals surface area contributed by atoms with Crippen LogP contribution in [0.25, 0.3) is 0 Å². The van der Waals surface area contributed by atoms with E-state index in [4.69, 9.17) is 15.2 Å². The van der Waals surface area contributed by atoms with Gasteiger partial charge in [0.2, 0.25) is 0 Å². The standard InChI is InChI=1S/C15H20N2O4/c1-10-8-11(16)2-3-13(10)15(19)21-9-14(18)17-12-4-6-20-7-5-12/h2-3,8,12H,4-7,9,16H2,1H3,(H,17,18). The normalized spacial score (nSPS) is 15.5. The van der Waals surface area contributed by atoms with Gasteiger partial charge in [0, 0.05) is 24.9 Å². The molecule has 114 valence electrons. The quantitative estimate of drug-likeness (QED) is 0.639. The summed E-state index contributed by atoms with van der Waals surface area (Å²) in [5.41, 5.74) is 7.36. The van der Waals surface area contributed by atoms with Gasteiger partial charge in [-0.2, -0.15) is 0 Å². The SMILES string of the molecule is Cc1cc(N)ccc1C(=O)OCC(=O)NC1CCOCC1. The van der Waals surface area contributed by atoms with Crippen LogP contribution in [0.2, 0.25) is 0 Å². The first-order valence-corrected chi connectivity index (χ1v) is 6.96. The Kier molecular flexibility index (Phi) is 5.16. The second-order valence-electron chi connectivity index (χ2n) is 5.10. The highest BCUT2D eigenvalue weighted by Crippen LogP contribution is 2.13. The summed E-state index contributed by atoms with van der Waals surface area (Å²) in [7, 11) is 0. The average molecular weight is 292 g/mol. The molecule has 0 aromatic heterocycles. The molecule has 0 saturated carbocycles. The Morgan fingerprint density at radius 2 is 2.10 bits per heavy atom. The third-order valence-electron chi connectivity index (χ3n) is 3.39. The van der Waals surface area contributed by atoms with Crippen molar-refractivity contribution < 1.29 is 19.1 Å². The van der Waals surface area contributed by atoms with Gasteiger partial charge < -0.3 is 20.5 Å². The van der Waals surface area contributed by atoms with Crippen LogP contribution in [0.15, 0.2) is 18.2 Å². The smallest absolute Gasteiger partial charge is 0.338 e. The highest BCUT2D eigenvalue weighted by molar-refractivity contribution is 5.93. The minimum atomic E-state index is -0.519. The van der Waals surface area contributed by atoms with E-state index in [1.54, 1.807) is 25.1 Å². The lowest BCUT2D eigenvalue weighted by Gasteiger charge is -2.22. The van der Waals surface area contributed by atoms with Crippen molar-refractivity contribution in [2.45, 2.75) is 25.8 Å². The van der Waals surface area contributed by atoms with E-state index in [1.807, 2.05) is 0 Å². The molecule has 2 rings (SSSR count). The molecular weight excluding hydrogens is 272 g/mol. The van der Waals surface area contributed by atoms with Crippen molar-refractivity contribution in [3.8, 4) is 0 Å². The molecule has 1 aliphatic rings. The number of benzene rings is 1. The molecule has 1 heterocycles. The highest BCUT2D eigenvalue weighted by atomic mass is 16.5. The highest BCUT2D eigenvalue weighted by Gasteiger charge is 2.17. The van der Waals surface area contributed by atoms with Gasteiger partial charge in [-0.15, -0.1) is 0 Å². The number of amides is 1. The fourth-order valence-corrected chi connectivity index (χ4v) is 2.24. The van der Waals surface area contributed by atoms with E-state index in [2.05, 4.69) is 5.32 Å². The fourth-order valence-electron chi connectivity index (χ4n) is 2.24. The summed E-state index contributed by atoms with van der Waals surface area (Å²) in [5, 5.41) is 2.83. The van der Waals surface area contributed by atoms with E-state index in [1.165, 1.54) is 0 Å². The van der Waals surface area contributed by atoms with E-state index in [-0.39, 0.29) is 18.6 Å². The molecule has 1 aromatic carbocycles. The maximum atomic E-state index is 11.9. The number of nitrogens with one attached hydrogen (secondary N) is 1. The number of esters is 1. The van der Waals surface area contributed by atoms with Gasteiger partial charge in [0.25, 0.3) is 5.91 Å². The van der Waals surface area contributed by atoms with Crippen molar-refractivity contribution in [1.82, 2.24) is 5.32 Å². The van der Waals surface area contributed by atoms with E-state index in [9.17, 15) is 9.59 Å². The van der Waals surface area contributed by atoms with Gasteiger partial charge in [0.05, 0.1) is 5.56 Å². The number of hydrogen-bond acceptors (Lipinski definition) is 5. The van der Waals surface area contributed by atoms with Crippen molar-refractivity contribution in [3.05, 3.63) is 29.3 Å². The van der Waals surface area contributed by atoms with Crippen LogP contribution >= 0.6 is 0 Å². The molecule has 0 unspecified atom stereocenters. The molecule has 6 heteroatoms. The molecule has 1 amide bonds.